The molecule has 0 fully saturated rings. The zero-order valence-corrected chi connectivity index (χ0v) is 22.0. The van der Waals surface area contributed by atoms with Crippen molar-refractivity contribution >= 4 is 55.7 Å². The molecule has 0 aliphatic heterocycles. The predicted octanol–water partition coefficient (Wildman–Crippen LogP) is 7.20. The lowest BCUT2D eigenvalue weighted by Crippen LogP contribution is -2.21. The molecule has 1 amide bonds. The number of hydrogen-bond acceptors (Lipinski definition) is 5. The van der Waals surface area contributed by atoms with Gasteiger partial charge in [0, 0.05) is 16.0 Å². The molecule has 1 N–H and O–H groups in total. The summed E-state index contributed by atoms with van der Waals surface area (Å²) < 4.78 is 11.7. The third-order valence-electron chi connectivity index (χ3n) is 5.12. The Kier molecular flexibility index (Phi) is 8.57. The molecule has 0 atom stereocenters. The second kappa shape index (κ2) is 11.2. The Morgan fingerprint density at radius 2 is 1.85 bits per heavy atom. The van der Waals surface area contributed by atoms with E-state index in [0.29, 0.717) is 25.8 Å². The van der Waals surface area contributed by atoms with Gasteiger partial charge < -0.3 is 14.8 Å². The first kappa shape index (κ1) is 25.3. The van der Waals surface area contributed by atoms with Gasteiger partial charge >= 0.3 is 5.97 Å². The number of hydrogen-bond donors (Lipinski definition) is 1. The number of anilines is 1. The summed E-state index contributed by atoms with van der Waals surface area (Å²) in [6.45, 7) is 7.60. The number of amides is 1. The predicted molar refractivity (Wildman–Crippen MR) is 138 cm³/mol. The van der Waals surface area contributed by atoms with Crippen LogP contribution in [0.4, 0.5) is 5.00 Å². The lowest BCUT2D eigenvalue weighted by molar-refractivity contribution is -0.118. The largest absolute Gasteiger partial charge is 0.483 e. The fourth-order valence-electron chi connectivity index (χ4n) is 3.30. The Morgan fingerprint density at radius 1 is 1.15 bits per heavy atom. The molecule has 0 aliphatic rings. The van der Waals surface area contributed by atoms with E-state index in [0.717, 1.165) is 28.7 Å². The van der Waals surface area contributed by atoms with Crippen molar-refractivity contribution in [2.75, 3.05) is 18.5 Å². The van der Waals surface area contributed by atoms with Crippen LogP contribution in [0.1, 0.15) is 40.9 Å². The zero-order valence-electron chi connectivity index (χ0n) is 18.9. The molecule has 8 heteroatoms. The summed E-state index contributed by atoms with van der Waals surface area (Å²) in [6, 6.07) is 9.78. The summed E-state index contributed by atoms with van der Waals surface area (Å²) >= 11 is 11.0. The molecule has 0 radical (unpaired) electrons. The van der Waals surface area contributed by atoms with Crippen molar-refractivity contribution < 1.29 is 19.1 Å². The van der Waals surface area contributed by atoms with E-state index in [1.807, 2.05) is 43.5 Å². The van der Waals surface area contributed by atoms with Crippen LogP contribution < -0.4 is 10.1 Å². The number of thiophene rings is 1. The van der Waals surface area contributed by atoms with Gasteiger partial charge in [0.1, 0.15) is 16.3 Å². The van der Waals surface area contributed by atoms with Gasteiger partial charge in [-0.15, -0.1) is 11.3 Å². The highest BCUT2D eigenvalue weighted by Crippen LogP contribution is 2.37. The maximum absolute atomic E-state index is 12.7. The van der Waals surface area contributed by atoms with Crippen molar-refractivity contribution in [1.29, 1.82) is 0 Å². The number of halogens is 2. The third-order valence-corrected chi connectivity index (χ3v) is 7.59. The summed E-state index contributed by atoms with van der Waals surface area (Å²) in [5, 5.41) is 5.74. The van der Waals surface area contributed by atoms with E-state index in [1.165, 1.54) is 16.9 Å². The van der Waals surface area contributed by atoms with Crippen LogP contribution in [0.5, 0.6) is 5.75 Å². The van der Waals surface area contributed by atoms with Crippen LogP contribution >= 0.6 is 38.9 Å². The molecule has 33 heavy (non-hydrogen) atoms. The van der Waals surface area contributed by atoms with Crippen LogP contribution in [0.2, 0.25) is 5.02 Å². The van der Waals surface area contributed by atoms with Crippen LogP contribution in [0.3, 0.4) is 0 Å². The highest BCUT2D eigenvalue weighted by molar-refractivity contribution is 9.10. The van der Waals surface area contributed by atoms with Crippen LogP contribution in [-0.4, -0.2) is 25.1 Å². The average Bonchev–Trinajstić information content (AvgIpc) is 3.22. The number of benzene rings is 2. The van der Waals surface area contributed by atoms with E-state index in [-0.39, 0.29) is 19.1 Å². The normalized spacial score (nSPS) is 10.7. The molecule has 3 aromatic rings. The molecule has 0 spiro atoms. The molecule has 2 aromatic carbocycles. The Labute approximate surface area is 211 Å². The van der Waals surface area contributed by atoms with E-state index in [1.54, 1.807) is 13.0 Å². The van der Waals surface area contributed by atoms with Gasteiger partial charge in [-0.3, -0.25) is 4.79 Å². The standard InChI is InChI=1S/C25H25BrClNO4S/c1-5-16-7-9-17(10-8-16)18-13-33-24(21(18)25(30)31-6-2)28-20(29)12-32-19-11-14(3)23(27)15(4)22(19)26/h7-11,13H,5-6,12H2,1-4H3,(H,28,29). The SMILES string of the molecule is CCOC(=O)c1c(-c2ccc(CC)cc2)csc1NC(=O)COc1cc(C)c(Cl)c(C)c1Br. The summed E-state index contributed by atoms with van der Waals surface area (Å²) in [5.41, 5.74) is 4.86. The van der Waals surface area contributed by atoms with Crippen LogP contribution in [0, 0.1) is 13.8 Å². The quantitative estimate of drug-likeness (QED) is 0.301. The Hall–Kier alpha value is -2.35. The number of esters is 1. The molecular formula is C25H25BrClNO4S. The van der Waals surface area contributed by atoms with Gasteiger partial charge in [-0.05, 0) is 71.4 Å². The van der Waals surface area contributed by atoms with E-state index in [2.05, 4.69) is 28.2 Å². The molecule has 0 aliphatic carbocycles. The van der Waals surface area contributed by atoms with Crippen molar-refractivity contribution in [1.82, 2.24) is 0 Å². The van der Waals surface area contributed by atoms with Crippen LogP contribution in [0.15, 0.2) is 40.2 Å². The van der Waals surface area contributed by atoms with Crippen molar-refractivity contribution in [2.45, 2.75) is 34.1 Å². The molecule has 0 bridgehead atoms. The monoisotopic (exact) mass is 549 g/mol. The molecule has 1 heterocycles. The summed E-state index contributed by atoms with van der Waals surface area (Å²) in [5.74, 6) is -0.332. The number of carbonyl (C=O) groups is 2. The first-order chi connectivity index (χ1) is 15.8. The van der Waals surface area contributed by atoms with Crippen molar-refractivity contribution in [3.63, 3.8) is 0 Å². The zero-order chi connectivity index (χ0) is 24.1. The minimum Gasteiger partial charge on any atom is -0.483 e. The van der Waals surface area contributed by atoms with Gasteiger partial charge in [-0.1, -0.05) is 42.8 Å². The highest BCUT2D eigenvalue weighted by Gasteiger charge is 2.23. The summed E-state index contributed by atoms with van der Waals surface area (Å²) in [4.78, 5) is 25.4. The molecule has 0 saturated carbocycles. The van der Waals surface area contributed by atoms with Crippen LogP contribution in [-0.2, 0) is 16.0 Å². The van der Waals surface area contributed by atoms with Crippen molar-refractivity contribution in [2.24, 2.45) is 0 Å². The number of ether oxygens (including phenoxy) is 2. The fourth-order valence-corrected chi connectivity index (χ4v) is 4.96. The minimum absolute atomic E-state index is 0.222. The van der Waals surface area contributed by atoms with E-state index >= 15 is 0 Å². The lowest BCUT2D eigenvalue weighted by atomic mass is 10.0. The van der Waals surface area contributed by atoms with Gasteiger partial charge in [0.25, 0.3) is 5.91 Å². The topological polar surface area (TPSA) is 64.6 Å². The van der Waals surface area contributed by atoms with Gasteiger partial charge in [0.15, 0.2) is 6.61 Å². The second-order valence-corrected chi connectivity index (χ2v) is 9.46. The number of carbonyl (C=O) groups excluding carboxylic acids is 2. The van der Waals surface area contributed by atoms with Crippen molar-refractivity contribution in [3.8, 4) is 16.9 Å². The molecule has 5 nitrogen and oxygen atoms in total. The molecule has 1 aromatic heterocycles. The summed E-state index contributed by atoms with van der Waals surface area (Å²) in [7, 11) is 0. The third kappa shape index (κ3) is 5.78. The first-order valence-electron chi connectivity index (χ1n) is 10.5. The Balaban J connectivity index is 1.82. The number of nitrogens with one attached hydrogen (secondary N) is 1. The van der Waals surface area contributed by atoms with E-state index < -0.39 is 5.97 Å². The van der Waals surface area contributed by atoms with Gasteiger partial charge in [0.05, 0.1) is 11.1 Å². The average molecular weight is 551 g/mol. The highest BCUT2D eigenvalue weighted by atomic mass is 79.9. The second-order valence-electron chi connectivity index (χ2n) is 7.41. The number of rotatable bonds is 8. The number of aryl methyl sites for hydroxylation is 2. The maximum Gasteiger partial charge on any atom is 0.341 e. The van der Waals surface area contributed by atoms with Gasteiger partial charge in [-0.2, -0.15) is 0 Å². The molecular weight excluding hydrogens is 526 g/mol. The van der Waals surface area contributed by atoms with Gasteiger partial charge in [0.2, 0.25) is 0 Å². The molecule has 174 valence electrons. The maximum atomic E-state index is 12.7. The van der Waals surface area contributed by atoms with Crippen LogP contribution in [0.25, 0.3) is 11.1 Å². The van der Waals surface area contributed by atoms with E-state index in [9.17, 15) is 9.59 Å². The van der Waals surface area contributed by atoms with Gasteiger partial charge in [-0.25, -0.2) is 4.79 Å². The van der Waals surface area contributed by atoms with Crippen molar-refractivity contribution in [3.05, 3.63) is 67.5 Å². The lowest BCUT2D eigenvalue weighted by Gasteiger charge is -2.13. The first-order valence-corrected chi connectivity index (χ1v) is 12.6. The fraction of sp³-hybridized carbons (Fsp3) is 0.280. The smallest absolute Gasteiger partial charge is 0.341 e. The molecule has 0 saturated heterocycles. The molecule has 0 unspecified atom stereocenters. The Morgan fingerprint density at radius 3 is 2.48 bits per heavy atom. The summed E-state index contributed by atoms with van der Waals surface area (Å²) in [6.07, 6.45) is 0.929. The van der Waals surface area contributed by atoms with E-state index in [4.69, 9.17) is 21.1 Å². The molecule has 3 rings (SSSR count). The Bertz CT molecular complexity index is 1170. The minimum atomic E-state index is -0.476.